The van der Waals surface area contributed by atoms with Gasteiger partial charge in [-0.05, 0) is 38.0 Å². The maximum atomic E-state index is 12.4. The summed E-state index contributed by atoms with van der Waals surface area (Å²) in [5.41, 5.74) is 0.806. The number of carboxylic acid groups (broad SMARTS) is 1. The Morgan fingerprint density at radius 1 is 1.33 bits per heavy atom. The third kappa shape index (κ3) is 3.34. The summed E-state index contributed by atoms with van der Waals surface area (Å²) >= 11 is 0. The normalized spacial score (nSPS) is 13.8. The van der Waals surface area contributed by atoms with E-state index in [-0.39, 0.29) is 18.3 Å². The van der Waals surface area contributed by atoms with Gasteiger partial charge >= 0.3 is 5.97 Å². The molecule has 0 saturated carbocycles. The van der Waals surface area contributed by atoms with Crippen LogP contribution in [0.25, 0.3) is 10.9 Å². The molecule has 0 radical (unpaired) electrons. The number of hydrogen-bond donors (Lipinski definition) is 2. The van der Waals surface area contributed by atoms with E-state index < -0.39 is 17.4 Å². The summed E-state index contributed by atoms with van der Waals surface area (Å²) in [6.45, 7) is 5.92. The molecule has 2 atom stereocenters. The Morgan fingerprint density at radius 3 is 2.58 bits per heavy atom. The summed E-state index contributed by atoms with van der Waals surface area (Å²) in [5.74, 6) is -1.28. The largest absolute Gasteiger partial charge is 0.477 e. The zero-order chi connectivity index (χ0) is 17.9. The van der Waals surface area contributed by atoms with Gasteiger partial charge in [-0.3, -0.25) is 4.79 Å². The minimum absolute atomic E-state index is 0.228. The van der Waals surface area contributed by atoms with Crippen LogP contribution < -0.4 is 5.43 Å². The van der Waals surface area contributed by atoms with Crippen molar-refractivity contribution in [3.8, 4) is 0 Å². The molecule has 130 valence electrons. The van der Waals surface area contributed by atoms with Crippen LogP contribution in [0.4, 0.5) is 0 Å². The van der Waals surface area contributed by atoms with E-state index in [0.29, 0.717) is 17.5 Å². The number of hydrogen-bond acceptors (Lipinski definition) is 4. The molecular formula is C18H23NO5. The van der Waals surface area contributed by atoms with Gasteiger partial charge in [0.05, 0.1) is 24.3 Å². The smallest absolute Gasteiger partial charge is 0.341 e. The van der Waals surface area contributed by atoms with E-state index >= 15 is 0 Å². The second kappa shape index (κ2) is 7.59. The van der Waals surface area contributed by atoms with Crippen molar-refractivity contribution in [3.05, 3.63) is 45.7 Å². The van der Waals surface area contributed by atoms with Crippen LogP contribution in [-0.2, 0) is 11.2 Å². The molecular weight excluding hydrogens is 310 g/mol. The zero-order valence-electron chi connectivity index (χ0n) is 14.2. The van der Waals surface area contributed by atoms with Gasteiger partial charge in [0.1, 0.15) is 5.56 Å². The molecule has 0 saturated heterocycles. The molecule has 0 spiro atoms. The van der Waals surface area contributed by atoms with Gasteiger partial charge in [0.15, 0.2) is 0 Å². The molecule has 6 nitrogen and oxygen atoms in total. The Morgan fingerprint density at radius 2 is 2.04 bits per heavy atom. The number of aromatic nitrogens is 1. The quantitative estimate of drug-likeness (QED) is 0.811. The predicted molar refractivity (Wildman–Crippen MR) is 91.8 cm³/mol. The molecule has 1 aromatic carbocycles. The number of aryl methyl sites for hydroxylation is 1. The molecule has 0 bridgehead atoms. The van der Waals surface area contributed by atoms with Crippen LogP contribution in [0.5, 0.6) is 0 Å². The van der Waals surface area contributed by atoms with E-state index in [0.717, 1.165) is 12.0 Å². The zero-order valence-corrected chi connectivity index (χ0v) is 14.2. The van der Waals surface area contributed by atoms with Gasteiger partial charge in [0.25, 0.3) is 0 Å². The summed E-state index contributed by atoms with van der Waals surface area (Å²) < 4.78 is 7.23. The van der Waals surface area contributed by atoms with Crippen LogP contribution in [0.1, 0.15) is 42.7 Å². The van der Waals surface area contributed by atoms with Crippen LogP contribution in [0, 0.1) is 0 Å². The van der Waals surface area contributed by atoms with Gasteiger partial charge < -0.3 is 19.5 Å². The van der Waals surface area contributed by atoms with Crippen molar-refractivity contribution in [2.75, 3.05) is 13.2 Å². The SMILES string of the molecule is CCO[C@H](C)[C@@H](CO)n1cc(C(=O)O)c(=O)c2ccc(CC)cc21. The van der Waals surface area contributed by atoms with Gasteiger partial charge in [-0.1, -0.05) is 13.0 Å². The van der Waals surface area contributed by atoms with Crippen molar-refractivity contribution in [1.82, 2.24) is 4.57 Å². The molecule has 2 aromatic rings. The van der Waals surface area contributed by atoms with E-state index in [2.05, 4.69) is 0 Å². The number of aromatic carboxylic acids is 1. The van der Waals surface area contributed by atoms with Gasteiger partial charge in [0, 0.05) is 18.2 Å². The topological polar surface area (TPSA) is 88.8 Å². The van der Waals surface area contributed by atoms with E-state index in [1.54, 1.807) is 10.6 Å². The van der Waals surface area contributed by atoms with Crippen LogP contribution >= 0.6 is 0 Å². The minimum Gasteiger partial charge on any atom is -0.477 e. The number of nitrogens with zero attached hydrogens (tertiary/aromatic N) is 1. The molecule has 6 heteroatoms. The van der Waals surface area contributed by atoms with Gasteiger partial charge in [0.2, 0.25) is 5.43 Å². The maximum absolute atomic E-state index is 12.4. The number of pyridine rings is 1. The van der Waals surface area contributed by atoms with Crippen molar-refractivity contribution < 1.29 is 19.7 Å². The second-order valence-corrected chi connectivity index (χ2v) is 5.70. The molecule has 0 aliphatic rings. The Kier molecular flexibility index (Phi) is 5.75. The third-order valence-corrected chi connectivity index (χ3v) is 4.25. The monoisotopic (exact) mass is 333 g/mol. The average Bonchev–Trinajstić information content (AvgIpc) is 2.57. The van der Waals surface area contributed by atoms with E-state index in [4.69, 9.17) is 4.74 Å². The number of rotatable bonds is 7. The molecule has 1 heterocycles. The Hall–Kier alpha value is -2.18. The Balaban J connectivity index is 2.80. The molecule has 1 aromatic heterocycles. The number of benzene rings is 1. The maximum Gasteiger partial charge on any atom is 0.341 e. The Labute approximate surface area is 140 Å². The third-order valence-electron chi connectivity index (χ3n) is 4.25. The molecule has 2 rings (SSSR count). The van der Waals surface area contributed by atoms with E-state index in [9.17, 15) is 19.8 Å². The first-order chi connectivity index (χ1) is 11.4. The fourth-order valence-electron chi connectivity index (χ4n) is 2.88. The molecule has 0 aliphatic carbocycles. The average molecular weight is 333 g/mol. The standard InChI is InChI=1S/C18H23NO5/c1-4-12-6-7-13-15(8-12)19(9-14(17(13)21)18(22)23)16(10-20)11(3)24-5-2/h6-9,11,16,20H,4-5,10H2,1-3H3,(H,22,23)/t11-,16-/m1/s1. The summed E-state index contributed by atoms with van der Waals surface area (Å²) in [7, 11) is 0. The fraction of sp³-hybridized carbons (Fsp3) is 0.444. The lowest BCUT2D eigenvalue weighted by Crippen LogP contribution is -2.30. The summed E-state index contributed by atoms with van der Waals surface area (Å²) in [4.78, 5) is 23.9. The first kappa shape index (κ1) is 18.2. The number of aliphatic hydroxyl groups is 1. The van der Waals surface area contributed by atoms with Crippen LogP contribution in [0.15, 0.2) is 29.2 Å². The number of carboxylic acids is 1. The number of aliphatic hydroxyl groups excluding tert-OH is 1. The molecule has 0 amide bonds. The predicted octanol–water partition coefficient (Wildman–Crippen LogP) is 2.22. The van der Waals surface area contributed by atoms with Gasteiger partial charge in [-0.2, -0.15) is 0 Å². The molecule has 2 N–H and O–H groups in total. The van der Waals surface area contributed by atoms with Crippen LogP contribution in [0.2, 0.25) is 0 Å². The second-order valence-electron chi connectivity index (χ2n) is 5.70. The number of carbonyl (C=O) groups is 1. The van der Waals surface area contributed by atoms with Gasteiger partial charge in [-0.15, -0.1) is 0 Å². The van der Waals surface area contributed by atoms with E-state index in [1.807, 2.05) is 32.9 Å². The molecule has 0 aliphatic heterocycles. The van der Waals surface area contributed by atoms with Crippen molar-refractivity contribution in [2.24, 2.45) is 0 Å². The van der Waals surface area contributed by atoms with E-state index in [1.165, 1.54) is 6.20 Å². The number of fused-ring (bicyclic) bond motifs is 1. The Bertz CT molecular complexity index is 796. The highest BCUT2D eigenvalue weighted by molar-refractivity contribution is 5.92. The first-order valence-electron chi connectivity index (χ1n) is 8.08. The van der Waals surface area contributed by atoms with Crippen LogP contribution in [0.3, 0.4) is 0 Å². The first-order valence-corrected chi connectivity index (χ1v) is 8.08. The molecule has 0 unspecified atom stereocenters. The summed E-state index contributed by atoms with van der Waals surface area (Å²) in [6.07, 6.45) is 1.76. The van der Waals surface area contributed by atoms with Crippen molar-refractivity contribution in [2.45, 2.75) is 39.3 Å². The van der Waals surface area contributed by atoms with Gasteiger partial charge in [-0.25, -0.2) is 4.79 Å². The lowest BCUT2D eigenvalue weighted by Gasteiger charge is -2.27. The summed E-state index contributed by atoms with van der Waals surface area (Å²) in [5, 5.41) is 19.5. The highest BCUT2D eigenvalue weighted by Gasteiger charge is 2.23. The minimum atomic E-state index is -1.28. The molecule has 24 heavy (non-hydrogen) atoms. The van der Waals surface area contributed by atoms with Crippen molar-refractivity contribution in [1.29, 1.82) is 0 Å². The lowest BCUT2D eigenvalue weighted by molar-refractivity contribution is 0.0183. The fourth-order valence-corrected chi connectivity index (χ4v) is 2.88. The van der Waals surface area contributed by atoms with Crippen molar-refractivity contribution in [3.63, 3.8) is 0 Å². The van der Waals surface area contributed by atoms with Crippen LogP contribution in [-0.4, -0.2) is 40.1 Å². The highest BCUT2D eigenvalue weighted by Crippen LogP contribution is 2.23. The highest BCUT2D eigenvalue weighted by atomic mass is 16.5. The lowest BCUT2D eigenvalue weighted by atomic mass is 10.0. The number of ether oxygens (including phenoxy) is 1. The molecule has 0 fully saturated rings. The summed E-state index contributed by atoms with van der Waals surface area (Å²) in [6, 6.07) is 4.85. The van der Waals surface area contributed by atoms with Crippen molar-refractivity contribution >= 4 is 16.9 Å².